The molecule has 0 saturated heterocycles. The van der Waals surface area contributed by atoms with E-state index in [0.717, 1.165) is 0 Å². The molecule has 0 spiro atoms. The number of rotatable bonds is 5. The summed E-state index contributed by atoms with van der Waals surface area (Å²) in [5.41, 5.74) is 0.674. The Morgan fingerprint density at radius 3 is 2.39 bits per heavy atom. The molecule has 1 rings (SSSR count). The van der Waals surface area contributed by atoms with E-state index in [-0.39, 0.29) is 4.75 Å². The molecule has 2 unspecified atom stereocenters. The van der Waals surface area contributed by atoms with Crippen molar-refractivity contribution in [2.45, 2.75) is 38.7 Å². The van der Waals surface area contributed by atoms with Crippen LogP contribution in [-0.4, -0.2) is 27.3 Å². The first-order valence-electron chi connectivity index (χ1n) is 5.87. The highest BCUT2D eigenvalue weighted by Crippen LogP contribution is 2.09. The van der Waals surface area contributed by atoms with Crippen LogP contribution in [0.2, 0.25) is 0 Å². The van der Waals surface area contributed by atoms with E-state index in [1.807, 2.05) is 39.0 Å². The molecule has 100 valence electrons. The fourth-order valence-corrected chi connectivity index (χ4v) is 1.96. The molecular formula is C12H20BNO3S. The molecular weight excluding hydrogens is 249 g/mol. The molecule has 0 amide bonds. The summed E-state index contributed by atoms with van der Waals surface area (Å²) in [6.45, 7) is 7.33. The largest absolute Gasteiger partial charge is 0.492 e. The van der Waals surface area contributed by atoms with Gasteiger partial charge in [-0.15, -0.1) is 0 Å². The van der Waals surface area contributed by atoms with Gasteiger partial charge in [0, 0.05) is 0 Å². The van der Waals surface area contributed by atoms with Crippen LogP contribution in [-0.2, 0) is 15.6 Å². The van der Waals surface area contributed by atoms with E-state index in [1.165, 1.54) is 0 Å². The minimum Gasteiger partial charge on any atom is -0.423 e. The summed E-state index contributed by atoms with van der Waals surface area (Å²) in [7, 11) is -2.25. The van der Waals surface area contributed by atoms with E-state index < -0.39 is 24.3 Å². The summed E-state index contributed by atoms with van der Waals surface area (Å²) >= 11 is 0. The maximum atomic E-state index is 11.8. The maximum absolute atomic E-state index is 11.8. The Kier molecular flexibility index (Phi) is 5.53. The lowest BCUT2D eigenvalue weighted by atomic mass is 9.79. The SMILES string of the molecule is CC(NS(=O)C(C)(C)C)OB(O)c1ccccc1. The number of nitrogens with one attached hydrogen (secondary N) is 1. The molecule has 0 radical (unpaired) electrons. The first kappa shape index (κ1) is 15.4. The van der Waals surface area contributed by atoms with Crippen molar-refractivity contribution in [1.82, 2.24) is 4.72 Å². The summed E-state index contributed by atoms with van der Waals surface area (Å²) in [6, 6.07) is 9.07. The summed E-state index contributed by atoms with van der Waals surface area (Å²) < 4.78 is 19.6. The minimum absolute atomic E-state index is 0.366. The molecule has 1 aromatic carbocycles. The van der Waals surface area contributed by atoms with Crippen LogP contribution >= 0.6 is 0 Å². The predicted molar refractivity (Wildman–Crippen MR) is 75.6 cm³/mol. The van der Waals surface area contributed by atoms with Crippen molar-refractivity contribution >= 4 is 23.6 Å². The van der Waals surface area contributed by atoms with Crippen molar-refractivity contribution in [3.05, 3.63) is 30.3 Å². The molecule has 0 bridgehead atoms. The Bertz CT molecular complexity index is 394. The first-order chi connectivity index (χ1) is 8.30. The highest BCUT2D eigenvalue weighted by molar-refractivity contribution is 7.84. The van der Waals surface area contributed by atoms with Crippen molar-refractivity contribution in [3.8, 4) is 0 Å². The molecule has 2 N–H and O–H groups in total. The van der Waals surface area contributed by atoms with Crippen LogP contribution in [0.1, 0.15) is 27.7 Å². The first-order valence-corrected chi connectivity index (χ1v) is 7.02. The van der Waals surface area contributed by atoms with Crippen LogP contribution in [0.3, 0.4) is 0 Å². The molecule has 4 nitrogen and oxygen atoms in total. The number of hydrogen-bond donors (Lipinski definition) is 2. The van der Waals surface area contributed by atoms with Gasteiger partial charge in [-0.25, -0.2) is 8.93 Å². The predicted octanol–water partition coefficient (Wildman–Crippen LogP) is 0.788. The van der Waals surface area contributed by atoms with Crippen molar-refractivity contribution in [2.24, 2.45) is 0 Å². The van der Waals surface area contributed by atoms with Gasteiger partial charge in [-0.05, 0) is 33.2 Å². The molecule has 1 aromatic rings. The second-order valence-electron chi connectivity index (χ2n) is 5.04. The Morgan fingerprint density at radius 2 is 1.89 bits per heavy atom. The summed E-state index contributed by atoms with van der Waals surface area (Å²) in [4.78, 5) is 0. The monoisotopic (exact) mass is 269 g/mol. The maximum Gasteiger partial charge on any atom is 0.492 e. The number of hydrogen-bond acceptors (Lipinski definition) is 3. The second-order valence-corrected chi connectivity index (χ2v) is 7.04. The van der Waals surface area contributed by atoms with Gasteiger partial charge in [0.2, 0.25) is 0 Å². The second kappa shape index (κ2) is 6.47. The molecule has 0 aliphatic heterocycles. The molecule has 0 aliphatic carbocycles. The Hall–Kier alpha value is -0.685. The lowest BCUT2D eigenvalue weighted by molar-refractivity contribution is 0.181. The summed E-state index contributed by atoms with van der Waals surface area (Å²) in [6.07, 6.45) is -0.500. The minimum atomic E-state index is -1.23. The normalized spacial score (nSPS) is 15.2. The third-order valence-electron chi connectivity index (χ3n) is 2.25. The zero-order valence-electron chi connectivity index (χ0n) is 11.2. The molecule has 0 heterocycles. The smallest absolute Gasteiger partial charge is 0.423 e. The quantitative estimate of drug-likeness (QED) is 0.613. The third kappa shape index (κ3) is 4.90. The van der Waals surface area contributed by atoms with Gasteiger partial charge in [0.15, 0.2) is 0 Å². The third-order valence-corrected chi connectivity index (χ3v) is 3.91. The van der Waals surface area contributed by atoms with E-state index >= 15 is 0 Å². The van der Waals surface area contributed by atoms with Crippen LogP contribution in [0.5, 0.6) is 0 Å². The van der Waals surface area contributed by atoms with Crippen LogP contribution in [0.25, 0.3) is 0 Å². The van der Waals surface area contributed by atoms with Gasteiger partial charge in [0.1, 0.15) is 6.23 Å². The Morgan fingerprint density at radius 1 is 1.33 bits per heavy atom. The van der Waals surface area contributed by atoms with Crippen molar-refractivity contribution in [1.29, 1.82) is 0 Å². The average molecular weight is 269 g/mol. The zero-order valence-corrected chi connectivity index (χ0v) is 12.0. The zero-order chi connectivity index (χ0) is 13.8. The Labute approximate surface area is 111 Å². The molecule has 0 fully saturated rings. The highest BCUT2D eigenvalue weighted by Gasteiger charge is 2.24. The van der Waals surface area contributed by atoms with Crippen molar-refractivity contribution in [2.75, 3.05) is 0 Å². The molecule has 0 aromatic heterocycles. The van der Waals surface area contributed by atoms with E-state index in [9.17, 15) is 9.23 Å². The Balaban J connectivity index is 2.51. The van der Waals surface area contributed by atoms with E-state index in [2.05, 4.69) is 4.72 Å². The van der Waals surface area contributed by atoms with Crippen LogP contribution in [0.15, 0.2) is 30.3 Å². The van der Waals surface area contributed by atoms with Gasteiger partial charge in [0.05, 0.1) is 15.7 Å². The standard InChI is InChI=1S/C12H20BNO3S/c1-10(14-18(16)12(2,3)4)17-13(15)11-8-6-5-7-9-11/h5-10,14-15H,1-4H3. The lowest BCUT2D eigenvalue weighted by Gasteiger charge is -2.23. The van der Waals surface area contributed by atoms with Gasteiger partial charge in [-0.1, -0.05) is 30.3 Å². The van der Waals surface area contributed by atoms with Gasteiger partial charge in [-0.3, -0.25) is 0 Å². The van der Waals surface area contributed by atoms with Crippen LogP contribution in [0, 0.1) is 0 Å². The van der Waals surface area contributed by atoms with Gasteiger partial charge in [0.25, 0.3) is 0 Å². The molecule has 2 atom stereocenters. The average Bonchev–Trinajstić information content (AvgIpc) is 2.28. The summed E-state index contributed by atoms with van der Waals surface area (Å²) in [5, 5.41) is 9.85. The van der Waals surface area contributed by atoms with Crippen LogP contribution < -0.4 is 10.2 Å². The molecule has 0 aliphatic rings. The van der Waals surface area contributed by atoms with Gasteiger partial charge < -0.3 is 9.68 Å². The van der Waals surface area contributed by atoms with Gasteiger partial charge in [-0.2, -0.15) is 0 Å². The lowest BCUT2D eigenvalue weighted by Crippen LogP contribution is -2.45. The van der Waals surface area contributed by atoms with Crippen molar-refractivity contribution in [3.63, 3.8) is 0 Å². The van der Waals surface area contributed by atoms with E-state index in [0.29, 0.717) is 5.46 Å². The fourth-order valence-electron chi connectivity index (χ4n) is 1.24. The van der Waals surface area contributed by atoms with Gasteiger partial charge >= 0.3 is 7.12 Å². The van der Waals surface area contributed by atoms with Crippen molar-refractivity contribution < 1.29 is 13.9 Å². The molecule has 18 heavy (non-hydrogen) atoms. The van der Waals surface area contributed by atoms with E-state index in [4.69, 9.17) is 4.65 Å². The summed E-state index contributed by atoms with van der Waals surface area (Å²) in [5.74, 6) is 0. The van der Waals surface area contributed by atoms with Crippen LogP contribution in [0.4, 0.5) is 0 Å². The fraction of sp³-hybridized carbons (Fsp3) is 0.500. The molecule has 0 saturated carbocycles. The molecule has 6 heteroatoms. The number of benzene rings is 1. The highest BCUT2D eigenvalue weighted by atomic mass is 32.2. The van der Waals surface area contributed by atoms with E-state index in [1.54, 1.807) is 19.1 Å². The topological polar surface area (TPSA) is 58.6 Å².